The first-order chi connectivity index (χ1) is 9.72. The van der Waals surface area contributed by atoms with Crippen molar-refractivity contribution < 1.29 is 4.79 Å². The highest BCUT2D eigenvalue weighted by molar-refractivity contribution is 5.95. The number of amides is 1. The van der Waals surface area contributed by atoms with Gasteiger partial charge in [-0.25, -0.2) is 0 Å². The Morgan fingerprint density at radius 3 is 2.75 bits per heavy atom. The average molecular weight is 275 g/mol. The number of aromatic nitrogens is 1. The quantitative estimate of drug-likeness (QED) is 0.799. The van der Waals surface area contributed by atoms with Crippen molar-refractivity contribution in [2.75, 3.05) is 32.7 Å². The maximum Gasteiger partial charge on any atom is 0.255 e. The van der Waals surface area contributed by atoms with Crippen LogP contribution in [0.3, 0.4) is 0 Å². The van der Waals surface area contributed by atoms with E-state index in [1.807, 2.05) is 24.0 Å². The molecule has 0 unspecified atom stereocenters. The van der Waals surface area contributed by atoms with Gasteiger partial charge in [0.05, 0.1) is 5.56 Å². The summed E-state index contributed by atoms with van der Waals surface area (Å²) in [4.78, 5) is 21.3. The van der Waals surface area contributed by atoms with E-state index in [2.05, 4.69) is 16.8 Å². The van der Waals surface area contributed by atoms with E-state index in [0.717, 1.165) is 37.3 Å². The minimum absolute atomic E-state index is 0.122. The highest BCUT2D eigenvalue weighted by Gasteiger charge is 2.19. The maximum absolute atomic E-state index is 12.6. The number of carbonyl (C=O) groups excluding carboxylic acids is 1. The van der Waals surface area contributed by atoms with Gasteiger partial charge in [0.15, 0.2) is 0 Å². The van der Waals surface area contributed by atoms with Crippen LogP contribution in [-0.2, 0) is 0 Å². The van der Waals surface area contributed by atoms with Gasteiger partial charge in [-0.2, -0.15) is 0 Å². The molecule has 1 amide bonds. The molecule has 0 atom stereocenters. The number of likely N-dealkylation sites (tertiary alicyclic amines) is 1. The van der Waals surface area contributed by atoms with Crippen molar-refractivity contribution in [1.82, 2.24) is 14.8 Å². The van der Waals surface area contributed by atoms with Gasteiger partial charge in [0.2, 0.25) is 0 Å². The van der Waals surface area contributed by atoms with Crippen LogP contribution in [0.1, 0.15) is 42.2 Å². The summed E-state index contributed by atoms with van der Waals surface area (Å²) < 4.78 is 0. The molecule has 2 rings (SSSR count). The van der Waals surface area contributed by atoms with E-state index >= 15 is 0 Å². The van der Waals surface area contributed by atoms with Gasteiger partial charge in [0.25, 0.3) is 5.91 Å². The van der Waals surface area contributed by atoms with Crippen LogP contribution >= 0.6 is 0 Å². The van der Waals surface area contributed by atoms with Crippen molar-refractivity contribution in [3.8, 4) is 0 Å². The fourth-order valence-corrected chi connectivity index (χ4v) is 2.73. The van der Waals surface area contributed by atoms with Crippen molar-refractivity contribution in [2.24, 2.45) is 0 Å². The molecule has 110 valence electrons. The van der Waals surface area contributed by atoms with E-state index in [4.69, 9.17) is 0 Å². The minimum atomic E-state index is 0.122. The van der Waals surface area contributed by atoms with Gasteiger partial charge < -0.3 is 9.80 Å². The molecule has 1 fully saturated rings. The lowest BCUT2D eigenvalue weighted by Gasteiger charge is -2.25. The van der Waals surface area contributed by atoms with Crippen molar-refractivity contribution in [3.63, 3.8) is 0 Å². The number of nitrogens with zero attached hydrogens (tertiary/aromatic N) is 3. The molecular formula is C16H25N3O. The van der Waals surface area contributed by atoms with Crippen LogP contribution in [-0.4, -0.2) is 53.4 Å². The molecule has 1 aliphatic heterocycles. The molecule has 1 aromatic rings. The fourth-order valence-electron chi connectivity index (χ4n) is 2.73. The van der Waals surface area contributed by atoms with E-state index in [9.17, 15) is 4.79 Å². The lowest BCUT2D eigenvalue weighted by molar-refractivity contribution is 0.0739. The molecule has 0 aromatic carbocycles. The second kappa shape index (κ2) is 7.39. The van der Waals surface area contributed by atoms with E-state index in [-0.39, 0.29) is 5.91 Å². The Kier molecular flexibility index (Phi) is 5.53. The minimum Gasteiger partial charge on any atom is -0.337 e. The lowest BCUT2D eigenvalue weighted by Crippen LogP contribution is -2.38. The maximum atomic E-state index is 12.6. The van der Waals surface area contributed by atoms with Crippen LogP contribution in [0, 0.1) is 6.92 Å². The zero-order valence-electron chi connectivity index (χ0n) is 12.6. The third-order valence-electron chi connectivity index (χ3n) is 3.90. The average Bonchev–Trinajstić information content (AvgIpc) is 2.96. The van der Waals surface area contributed by atoms with Crippen molar-refractivity contribution in [2.45, 2.75) is 33.1 Å². The normalized spacial score (nSPS) is 15.5. The first kappa shape index (κ1) is 15.0. The molecule has 0 N–H and O–H groups in total. The summed E-state index contributed by atoms with van der Waals surface area (Å²) in [6.45, 7) is 9.01. The molecule has 0 aliphatic carbocycles. The zero-order chi connectivity index (χ0) is 14.4. The Labute approximate surface area is 121 Å². The molecule has 0 bridgehead atoms. The molecule has 0 saturated carbocycles. The number of aryl methyl sites for hydroxylation is 1. The van der Waals surface area contributed by atoms with E-state index < -0.39 is 0 Å². The molecule has 1 aliphatic rings. The third-order valence-corrected chi connectivity index (χ3v) is 3.90. The number of carbonyl (C=O) groups is 1. The van der Waals surface area contributed by atoms with Gasteiger partial charge in [0.1, 0.15) is 0 Å². The summed E-state index contributed by atoms with van der Waals surface area (Å²) in [6, 6.07) is 3.72. The third kappa shape index (κ3) is 3.79. The highest BCUT2D eigenvalue weighted by atomic mass is 16.2. The van der Waals surface area contributed by atoms with Crippen LogP contribution < -0.4 is 0 Å². The molecule has 4 heteroatoms. The highest BCUT2D eigenvalue weighted by Crippen LogP contribution is 2.11. The largest absolute Gasteiger partial charge is 0.337 e. The Morgan fingerprint density at radius 1 is 1.35 bits per heavy atom. The summed E-state index contributed by atoms with van der Waals surface area (Å²) in [5, 5.41) is 0. The van der Waals surface area contributed by atoms with Crippen molar-refractivity contribution in [3.05, 3.63) is 29.6 Å². The first-order valence-electron chi connectivity index (χ1n) is 7.65. The molecule has 0 radical (unpaired) electrons. The number of hydrogen-bond acceptors (Lipinski definition) is 3. The summed E-state index contributed by atoms with van der Waals surface area (Å²) >= 11 is 0. The molecule has 2 heterocycles. The predicted octanol–water partition coefficient (Wildman–Crippen LogP) is 2.34. The van der Waals surface area contributed by atoms with Crippen LogP contribution in [0.2, 0.25) is 0 Å². The monoisotopic (exact) mass is 275 g/mol. The zero-order valence-corrected chi connectivity index (χ0v) is 12.6. The number of hydrogen-bond donors (Lipinski definition) is 0. The summed E-state index contributed by atoms with van der Waals surface area (Å²) in [5.41, 5.74) is 1.56. The van der Waals surface area contributed by atoms with Crippen LogP contribution in [0.4, 0.5) is 0 Å². The van der Waals surface area contributed by atoms with Crippen molar-refractivity contribution >= 4 is 5.91 Å². The smallest absolute Gasteiger partial charge is 0.255 e. The molecule has 4 nitrogen and oxygen atoms in total. The second-order valence-electron chi connectivity index (χ2n) is 5.48. The summed E-state index contributed by atoms with van der Waals surface area (Å²) in [7, 11) is 0. The Hall–Kier alpha value is -1.42. The second-order valence-corrected chi connectivity index (χ2v) is 5.48. The lowest BCUT2D eigenvalue weighted by atomic mass is 10.1. The summed E-state index contributed by atoms with van der Waals surface area (Å²) in [6.07, 6.45) is 5.32. The standard InChI is InChI=1S/C16H25N3O/c1-3-9-19(13-12-18-10-4-5-11-18)16(20)15-7-6-8-17-14(15)2/h6-8H,3-5,9-13H2,1-2H3. The topological polar surface area (TPSA) is 36.4 Å². The number of rotatable bonds is 6. The van der Waals surface area contributed by atoms with E-state index in [0.29, 0.717) is 0 Å². The van der Waals surface area contributed by atoms with E-state index in [1.165, 1.54) is 25.9 Å². The predicted molar refractivity (Wildman–Crippen MR) is 80.8 cm³/mol. The van der Waals surface area contributed by atoms with E-state index in [1.54, 1.807) is 6.20 Å². The van der Waals surface area contributed by atoms with Gasteiger partial charge in [-0.05, 0) is 51.4 Å². The van der Waals surface area contributed by atoms with Crippen molar-refractivity contribution in [1.29, 1.82) is 0 Å². The SMILES string of the molecule is CCCN(CCN1CCCC1)C(=O)c1cccnc1C. The van der Waals surface area contributed by atoms with Crippen LogP contribution in [0.25, 0.3) is 0 Å². The number of pyridine rings is 1. The van der Waals surface area contributed by atoms with Gasteiger partial charge in [-0.15, -0.1) is 0 Å². The Morgan fingerprint density at radius 2 is 2.10 bits per heavy atom. The van der Waals surface area contributed by atoms with Gasteiger partial charge >= 0.3 is 0 Å². The molecule has 20 heavy (non-hydrogen) atoms. The van der Waals surface area contributed by atoms with Crippen LogP contribution in [0.5, 0.6) is 0 Å². The molecular weight excluding hydrogens is 250 g/mol. The van der Waals surface area contributed by atoms with Gasteiger partial charge in [-0.1, -0.05) is 6.92 Å². The molecule has 1 aromatic heterocycles. The Balaban J connectivity index is 1.99. The molecule has 0 spiro atoms. The van der Waals surface area contributed by atoms with Gasteiger partial charge in [-0.3, -0.25) is 9.78 Å². The molecule has 1 saturated heterocycles. The van der Waals surface area contributed by atoms with Gasteiger partial charge in [0, 0.05) is 31.5 Å². The Bertz CT molecular complexity index is 441. The fraction of sp³-hybridized carbons (Fsp3) is 0.625. The summed E-state index contributed by atoms with van der Waals surface area (Å²) in [5.74, 6) is 0.122. The van der Waals surface area contributed by atoms with Crippen LogP contribution in [0.15, 0.2) is 18.3 Å². The first-order valence-corrected chi connectivity index (χ1v) is 7.65.